The Labute approximate surface area is 123 Å². The van der Waals surface area contributed by atoms with Crippen molar-refractivity contribution in [3.05, 3.63) is 35.4 Å². The Morgan fingerprint density at radius 3 is 2.67 bits per heavy atom. The largest absolute Gasteiger partial charge is 0.416 e. The van der Waals surface area contributed by atoms with Crippen molar-refractivity contribution in [3.63, 3.8) is 0 Å². The molecule has 0 amide bonds. The van der Waals surface area contributed by atoms with E-state index in [0.29, 0.717) is 18.2 Å². The minimum atomic E-state index is -4.32. The fourth-order valence-corrected chi connectivity index (χ4v) is 2.75. The summed E-state index contributed by atoms with van der Waals surface area (Å²) in [7, 11) is 2.07. The van der Waals surface area contributed by atoms with Crippen molar-refractivity contribution >= 4 is 0 Å². The van der Waals surface area contributed by atoms with Crippen LogP contribution in [0.15, 0.2) is 24.3 Å². The molecule has 0 saturated carbocycles. The Bertz CT molecular complexity index is 475. The molecule has 2 N–H and O–H groups in total. The van der Waals surface area contributed by atoms with E-state index in [1.54, 1.807) is 6.07 Å². The van der Waals surface area contributed by atoms with Gasteiger partial charge in [-0.05, 0) is 31.7 Å². The number of benzene rings is 1. The van der Waals surface area contributed by atoms with Crippen molar-refractivity contribution in [1.29, 1.82) is 0 Å². The summed E-state index contributed by atoms with van der Waals surface area (Å²) >= 11 is 0. The number of piperazine rings is 1. The van der Waals surface area contributed by atoms with Crippen LogP contribution in [0.25, 0.3) is 0 Å². The van der Waals surface area contributed by atoms with Crippen molar-refractivity contribution in [2.75, 3.05) is 33.2 Å². The lowest BCUT2D eigenvalue weighted by Crippen LogP contribution is -2.52. The molecule has 0 aliphatic carbocycles. The van der Waals surface area contributed by atoms with E-state index in [-0.39, 0.29) is 0 Å². The lowest BCUT2D eigenvalue weighted by Gasteiger charge is -2.39. The van der Waals surface area contributed by atoms with Gasteiger partial charge in [0, 0.05) is 38.3 Å². The Morgan fingerprint density at radius 1 is 1.33 bits per heavy atom. The maximum Gasteiger partial charge on any atom is 0.416 e. The van der Waals surface area contributed by atoms with Crippen LogP contribution < -0.4 is 5.73 Å². The minimum Gasteiger partial charge on any atom is -0.323 e. The first-order chi connectivity index (χ1) is 9.77. The molecule has 2 unspecified atom stereocenters. The van der Waals surface area contributed by atoms with E-state index in [9.17, 15) is 13.2 Å². The number of hydrogen-bond acceptors (Lipinski definition) is 3. The number of nitrogens with zero attached hydrogens (tertiary/aromatic N) is 2. The van der Waals surface area contributed by atoms with Crippen LogP contribution in [0, 0.1) is 0 Å². The van der Waals surface area contributed by atoms with Gasteiger partial charge in [-0.25, -0.2) is 0 Å². The van der Waals surface area contributed by atoms with Gasteiger partial charge in [-0.15, -0.1) is 0 Å². The van der Waals surface area contributed by atoms with E-state index < -0.39 is 17.8 Å². The number of likely N-dealkylation sites (N-methyl/N-ethyl adjacent to an activating group) is 1. The Kier molecular flexibility index (Phi) is 4.91. The highest BCUT2D eigenvalue weighted by Gasteiger charge is 2.31. The summed E-state index contributed by atoms with van der Waals surface area (Å²) in [6.07, 6.45) is -4.32. The molecule has 2 atom stereocenters. The van der Waals surface area contributed by atoms with Crippen LogP contribution in [-0.4, -0.2) is 49.1 Å². The van der Waals surface area contributed by atoms with Crippen molar-refractivity contribution < 1.29 is 13.2 Å². The van der Waals surface area contributed by atoms with E-state index in [0.717, 1.165) is 31.8 Å². The maximum atomic E-state index is 12.7. The molecule has 3 nitrogen and oxygen atoms in total. The molecule has 0 bridgehead atoms. The van der Waals surface area contributed by atoms with Crippen LogP contribution in [0.5, 0.6) is 0 Å². The lowest BCUT2D eigenvalue weighted by molar-refractivity contribution is -0.137. The molecule has 2 rings (SSSR count). The van der Waals surface area contributed by atoms with Gasteiger partial charge in [0.25, 0.3) is 0 Å². The first-order valence-electron chi connectivity index (χ1n) is 7.12. The van der Waals surface area contributed by atoms with Gasteiger partial charge < -0.3 is 10.6 Å². The minimum absolute atomic E-state index is 0.362. The van der Waals surface area contributed by atoms with Crippen LogP contribution in [-0.2, 0) is 6.18 Å². The van der Waals surface area contributed by atoms with E-state index in [4.69, 9.17) is 5.73 Å². The standard InChI is InChI=1S/C15H22F3N3/c1-11-9-20(2)6-7-21(11)10-14(19)12-4-3-5-13(8-12)15(16,17)18/h3-5,8,11,14H,6-7,9-10,19H2,1-2H3. The van der Waals surface area contributed by atoms with Gasteiger partial charge in [-0.2, -0.15) is 13.2 Å². The van der Waals surface area contributed by atoms with Gasteiger partial charge in [0.1, 0.15) is 0 Å². The third-order valence-corrected chi connectivity index (χ3v) is 4.04. The number of alkyl halides is 3. The summed E-state index contributed by atoms with van der Waals surface area (Å²) in [5.41, 5.74) is 6.01. The third kappa shape index (κ3) is 4.18. The van der Waals surface area contributed by atoms with Crippen molar-refractivity contribution in [2.24, 2.45) is 5.73 Å². The molecule has 1 saturated heterocycles. The average Bonchev–Trinajstić information content (AvgIpc) is 2.41. The van der Waals surface area contributed by atoms with Crippen LogP contribution in [0.4, 0.5) is 13.2 Å². The van der Waals surface area contributed by atoms with Gasteiger partial charge in [-0.1, -0.05) is 12.1 Å². The van der Waals surface area contributed by atoms with Crippen LogP contribution in [0.2, 0.25) is 0 Å². The Balaban J connectivity index is 2.05. The van der Waals surface area contributed by atoms with E-state index in [2.05, 4.69) is 23.8 Å². The highest BCUT2D eigenvalue weighted by Crippen LogP contribution is 2.30. The predicted octanol–water partition coefficient (Wildman–Crippen LogP) is 2.34. The molecule has 1 heterocycles. The average molecular weight is 301 g/mol. The van der Waals surface area contributed by atoms with Gasteiger partial charge >= 0.3 is 6.18 Å². The summed E-state index contributed by atoms with van der Waals surface area (Å²) in [5.74, 6) is 0. The van der Waals surface area contributed by atoms with Gasteiger partial charge in [0.05, 0.1) is 5.56 Å². The SMILES string of the molecule is CC1CN(C)CCN1CC(N)c1cccc(C(F)(F)F)c1. The number of hydrogen-bond donors (Lipinski definition) is 1. The molecule has 118 valence electrons. The fraction of sp³-hybridized carbons (Fsp3) is 0.600. The molecule has 21 heavy (non-hydrogen) atoms. The predicted molar refractivity (Wildman–Crippen MR) is 76.9 cm³/mol. The zero-order chi connectivity index (χ0) is 15.6. The Morgan fingerprint density at radius 2 is 2.05 bits per heavy atom. The van der Waals surface area contributed by atoms with Crippen molar-refractivity contribution in [1.82, 2.24) is 9.80 Å². The topological polar surface area (TPSA) is 32.5 Å². The van der Waals surface area contributed by atoms with Crippen molar-refractivity contribution in [2.45, 2.75) is 25.2 Å². The summed E-state index contributed by atoms with van der Waals surface area (Å²) in [4.78, 5) is 4.49. The van der Waals surface area contributed by atoms with Crippen molar-refractivity contribution in [3.8, 4) is 0 Å². The first kappa shape index (κ1) is 16.3. The first-order valence-corrected chi connectivity index (χ1v) is 7.12. The lowest BCUT2D eigenvalue weighted by atomic mass is 10.0. The molecule has 1 aliphatic rings. The summed E-state index contributed by atoms with van der Waals surface area (Å²) in [6.45, 7) is 5.50. The molecule has 0 spiro atoms. The second-order valence-corrected chi connectivity index (χ2v) is 5.84. The second kappa shape index (κ2) is 6.34. The van der Waals surface area contributed by atoms with E-state index in [1.165, 1.54) is 6.07 Å². The van der Waals surface area contributed by atoms with Gasteiger partial charge in [0.15, 0.2) is 0 Å². The normalized spacial score (nSPS) is 23.2. The molecular weight excluding hydrogens is 279 g/mol. The third-order valence-electron chi connectivity index (χ3n) is 4.04. The molecule has 0 aromatic heterocycles. The number of rotatable bonds is 3. The number of nitrogens with two attached hydrogens (primary N) is 1. The summed E-state index contributed by atoms with van der Waals surface area (Å²) in [6, 6.07) is 5.28. The molecule has 1 aliphatic heterocycles. The fourth-order valence-electron chi connectivity index (χ4n) is 2.75. The monoisotopic (exact) mass is 301 g/mol. The van der Waals surface area contributed by atoms with Crippen LogP contribution >= 0.6 is 0 Å². The smallest absolute Gasteiger partial charge is 0.323 e. The van der Waals surface area contributed by atoms with Gasteiger partial charge in [0.2, 0.25) is 0 Å². The maximum absolute atomic E-state index is 12.7. The Hall–Kier alpha value is -1.11. The molecule has 6 heteroatoms. The van der Waals surface area contributed by atoms with Gasteiger partial charge in [-0.3, -0.25) is 4.90 Å². The molecular formula is C15H22F3N3. The number of halogens is 3. The second-order valence-electron chi connectivity index (χ2n) is 5.84. The van der Waals surface area contributed by atoms with E-state index >= 15 is 0 Å². The molecule has 0 radical (unpaired) electrons. The zero-order valence-electron chi connectivity index (χ0n) is 12.4. The van der Waals surface area contributed by atoms with E-state index in [1.807, 2.05) is 0 Å². The van der Waals surface area contributed by atoms with Crippen LogP contribution in [0.1, 0.15) is 24.1 Å². The zero-order valence-corrected chi connectivity index (χ0v) is 12.4. The highest BCUT2D eigenvalue weighted by atomic mass is 19.4. The molecule has 1 aromatic rings. The highest BCUT2D eigenvalue weighted by molar-refractivity contribution is 5.28. The quantitative estimate of drug-likeness (QED) is 0.930. The molecule has 1 aromatic carbocycles. The van der Waals surface area contributed by atoms with Crippen LogP contribution in [0.3, 0.4) is 0 Å². The summed E-state index contributed by atoms with van der Waals surface area (Å²) < 4.78 is 38.2. The molecule has 1 fully saturated rings. The summed E-state index contributed by atoms with van der Waals surface area (Å²) in [5, 5.41) is 0.